The Balaban J connectivity index is 1.63. The minimum absolute atomic E-state index is 0.226. The molecular formula is C27H30N2O3. The zero-order valence-electron chi connectivity index (χ0n) is 19.1. The number of nitrogens with one attached hydrogen (secondary N) is 2. The van der Waals surface area contributed by atoms with Crippen LogP contribution in [0.5, 0.6) is 5.75 Å². The van der Waals surface area contributed by atoms with E-state index in [9.17, 15) is 9.59 Å². The predicted molar refractivity (Wildman–Crippen MR) is 128 cm³/mol. The van der Waals surface area contributed by atoms with Gasteiger partial charge in [0.25, 0.3) is 11.8 Å². The maximum absolute atomic E-state index is 12.8. The van der Waals surface area contributed by atoms with Crippen LogP contribution < -0.4 is 15.4 Å². The molecule has 166 valence electrons. The molecular weight excluding hydrogens is 400 g/mol. The maximum atomic E-state index is 12.8. The van der Waals surface area contributed by atoms with Gasteiger partial charge in [-0.05, 0) is 74.6 Å². The van der Waals surface area contributed by atoms with Gasteiger partial charge in [-0.25, -0.2) is 0 Å². The molecule has 0 saturated heterocycles. The number of ether oxygens (including phenoxy) is 1. The smallest absolute Gasteiger partial charge is 0.265 e. The van der Waals surface area contributed by atoms with Crippen molar-refractivity contribution in [2.75, 3.05) is 11.9 Å². The highest BCUT2D eigenvalue weighted by Crippen LogP contribution is 2.25. The van der Waals surface area contributed by atoms with Crippen LogP contribution in [0, 0.1) is 20.8 Å². The van der Waals surface area contributed by atoms with E-state index in [2.05, 4.69) is 16.7 Å². The van der Waals surface area contributed by atoms with Crippen molar-refractivity contribution >= 4 is 17.5 Å². The average Bonchev–Trinajstić information content (AvgIpc) is 2.78. The molecule has 2 amide bonds. The lowest BCUT2D eigenvalue weighted by molar-refractivity contribution is -0.122. The molecule has 0 aliphatic carbocycles. The Morgan fingerprint density at radius 2 is 1.62 bits per heavy atom. The van der Waals surface area contributed by atoms with Crippen LogP contribution in [-0.4, -0.2) is 24.5 Å². The minimum atomic E-state index is -0.718. The fourth-order valence-electron chi connectivity index (χ4n) is 3.45. The second kappa shape index (κ2) is 10.6. The van der Waals surface area contributed by atoms with Gasteiger partial charge in [0.05, 0.1) is 11.3 Å². The van der Waals surface area contributed by atoms with Crippen molar-refractivity contribution in [3.63, 3.8) is 0 Å². The van der Waals surface area contributed by atoms with Gasteiger partial charge in [0.1, 0.15) is 5.75 Å². The van der Waals surface area contributed by atoms with Crippen molar-refractivity contribution in [2.45, 2.75) is 40.2 Å². The molecule has 0 spiro atoms. The van der Waals surface area contributed by atoms with Gasteiger partial charge in [0.2, 0.25) is 0 Å². The van der Waals surface area contributed by atoms with Gasteiger partial charge in [0, 0.05) is 6.54 Å². The van der Waals surface area contributed by atoms with E-state index in [0.29, 0.717) is 23.5 Å². The first kappa shape index (κ1) is 23.1. The van der Waals surface area contributed by atoms with Crippen LogP contribution in [0.2, 0.25) is 0 Å². The predicted octanol–water partition coefficient (Wildman–Crippen LogP) is 4.99. The van der Waals surface area contributed by atoms with Crippen LogP contribution in [0.3, 0.4) is 0 Å². The number of rotatable bonds is 8. The highest BCUT2D eigenvalue weighted by Gasteiger charge is 2.19. The number of para-hydroxylation sites is 1. The topological polar surface area (TPSA) is 67.4 Å². The molecule has 0 aliphatic heterocycles. The van der Waals surface area contributed by atoms with Crippen molar-refractivity contribution in [2.24, 2.45) is 0 Å². The molecule has 3 rings (SSSR count). The molecule has 3 aromatic rings. The van der Waals surface area contributed by atoms with Gasteiger partial charge in [-0.2, -0.15) is 0 Å². The molecule has 0 aliphatic rings. The third kappa shape index (κ3) is 5.97. The third-order valence-electron chi connectivity index (χ3n) is 5.41. The third-order valence-corrected chi connectivity index (χ3v) is 5.41. The lowest BCUT2D eigenvalue weighted by Crippen LogP contribution is -2.32. The monoisotopic (exact) mass is 430 g/mol. The molecule has 2 N–H and O–H groups in total. The fourth-order valence-corrected chi connectivity index (χ4v) is 3.45. The first-order valence-corrected chi connectivity index (χ1v) is 10.8. The molecule has 3 aromatic carbocycles. The van der Waals surface area contributed by atoms with E-state index >= 15 is 0 Å². The van der Waals surface area contributed by atoms with Crippen molar-refractivity contribution in [1.29, 1.82) is 0 Å². The van der Waals surface area contributed by atoms with Crippen LogP contribution in [0.15, 0.2) is 66.7 Å². The second-order valence-electron chi connectivity index (χ2n) is 7.99. The van der Waals surface area contributed by atoms with E-state index in [4.69, 9.17) is 4.74 Å². The van der Waals surface area contributed by atoms with Crippen molar-refractivity contribution in [3.8, 4) is 5.75 Å². The molecule has 32 heavy (non-hydrogen) atoms. The summed E-state index contributed by atoms with van der Waals surface area (Å²) in [5.74, 6) is 0.153. The van der Waals surface area contributed by atoms with Crippen LogP contribution in [0.4, 0.5) is 5.69 Å². The summed E-state index contributed by atoms with van der Waals surface area (Å²) >= 11 is 0. The number of amides is 2. The standard InChI is InChI=1S/C27H30N2O3/c1-18-16-19(2)20(3)25(17-18)32-21(4)26(30)29-24-13-9-8-12-23(24)27(31)28-15-14-22-10-6-5-7-11-22/h5-13,16-17,21H,14-15H2,1-4H3,(H,28,31)(H,29,30)/t21-/m1/s1. The SMILES string of the molecule is Cc1cc(C)c(C)c(O[C@H](C)C(=O)Nc2ccccc2C(=O)NCCc2ccccc2)c1. The highest BCUT2D eigenvalue weighted by molar-refractivity contribution is 6.04. The summed E-state index contributed by atoms with van der Waals surface area (Å²) in [6, 6.07) is 21.0. The van der Waals surface area contributed by atoms with E-state index in [-0.39, 0.29) is 11.8 Å². The summed E-state index contributed by atoms with van der Waals surface area (Å²) in [7, 11) is 0. The molecule has 0 saturated carbocycles. The Morgan fingerprint density at radius 1 is 0.938 bits per heavy atom. The van der Waals surface area contributed by atoms with Gasteiger partial charge in [-0.1, -0.05) is 48.5 Å². The molecule has 0 radical (unpaired) electrons. The molecule has 0 heterocycles. The number of aryl methyl sites for hydroxylation is 2. The van der Waals surface area contributed by atoms with E-state index in [0.717, 1.165) is 28.7 Å². The lowest BCUT2D eigenvalue weighted by atomic mass is 10.1. The normalized spacial score (nSPS) is 11.5. The molecule has 0 unspecified atom stereocenters. The zero-order chi connectivity index (χ0) is 23.1. The number of benzene rings is 3. The van der Waals surface area contributed by atoms with Crippen LogP contribution >= 0.6 is 0 Å². The van der Waals surface area contributed by atoms with E-state index in [1.807, 2.05) is 57.2 Å². The molecule has 1 atom stereocenters. The van der Waals surface area contributed by atoms with Crippen LogP contribution in [-0.2, 0) is 11.2 Å². The summed E-state index contributed by atoms with van der Waals surface area (Å²) in [6.07, 6.45) is 0.0189. The summed E-state index contributed by atoms with van der Waals surface area (Å²) in [6.45, 7) is 8.21. The second-order valence-corrected chi connectivity index (χ2v) is 7.99. The number of hydrogen-bond donors (Lipinski definition) is 2. The summed E-state index contributed by atoms with van der Waals surface area (Å²) in [5, 5.41) is 5.77. The first-order valence-electron chi connectivity index (χ1n) is 10.8. The fraction of sp³-hybridized carbons (Fsp3) is 0.259. The Morgan fingerprint density at radius 3 is 2.38 bits per heavy atom. The Kier molecular flexibility index (Phi) is 7.66. The average molecular weight is 431 g/mol. The Bertz CT molecular complexity index is 1090. The summed E-state index contributed by atoms with van der Waals surface area (Å²) in [4.78, 5) is 25.5. The molecule has 5 nitrogen and oxygen atoms in total. The largest absolute Gasteiger partial charge is 0.481 e. The number of hydrogen-bond acceptors (Lipinski definition) is 3. The molecule has 5 heteroatoms. The van der Waals surface area contributed by atoms with Crippen molar-refractivity contribution < 1.29 is 14.3 Å². The van der Waals surface area contributed by atoms with Gasteiger partial charge in [-0.3, -0.25) is 9.59 Å². The number of carbonyl (C=O) groups is 2. The van der Waals surface area contributed by atoms with Crippen molar-refractivity contribution in [3.05, 3.63) is 94.5 Å². The summed E-state index contributed by atoms with van der Waals surface area (Å²) < 4.78 is 5.94. The summed E-state index contributed by atoms with van der Waals surface area (Å²) in [5.41, 5.74) is 5.24. The Hall–Kier alpha value is -3.60. The first-order chi connectivity index (χ1) is 15.3. The number of anilines is 1. The van der Waals surface area contributed by atoms with Crippen LogP contribution in [0.25, 0.3) is 0 Å². The minimum Gasteiger partial charge on any atom is -0.481 e. The number of carbonyl (C=O) groups excluding carboxylic acids is 2. The quantitative estimate of drug-likeness (QED) is 0.529. The molecule has 0 fully saturated rings. The van der Waals surface area contributed by atoms with E-state index in [1.165, 1.54) is 0 Å². The Labute approximate surface area is 189 Å². The van der Waals surface area contributed by atoms with E-state index < -0.39 is 6.10 Å². The molecule has 0 aromatic heterocycles. The van der Waals surface area contributed by atoms with Gasteiger partial charge in [0.15, 0.2) is 6.10 Å². The van der Waals surface area contributed by atoms with Gasteiger partial charge >= 0.3 is 0 Å². The van der Waals surface area contributed by atoms with Gasteiger partial charge < -0.3 is 15.4 Å². The van der Waals surface area contributed by atoms with E-state index in [1.54, 1.807) is 31.2 Å². The van der Waals surface area contributed by atoms with Crippen LogP contribution in [0.1, 0.15) is 39.5 Å². The van der Waals surface area contributed by atoms with Crippen molar-refractivity contribution in [1.82, 2.24) is 5.32 Å². The lowest BCUT2D eigenvalue weighted by Gasteiger charge is -2.19. The van der Waals surface area contributed by atoms with Gasteiger partial charge in [-0.15, -0.1) is 0 Å². The highest BCUT2D eigenvalue weighted by atomic mass is 16.5. The molecule has 0 bridgehead atoms. The maximum Gasteiger partial charge on any atom is 0.265 e. The zero-order valence-corrected chi connectivity index (χ0v) is 19.1.